The van der Waals surface area contributed by atoms with Crippen LogP contribution in [-0.4, -0.2) is 16.9 Å². The van der Waals surface area contributed by atoms with Crippen molar-refractivity contribution in [3.05, 3.63) is 23.2 Å². The largest absolute Gasteiger partial charge is 0.397 e. The average Bonchev–Trinajstić information content (AvgIpc) is 2.30. The van der Waals surface area contributed by atoms with Gasteiger partial charge < -0.3 is 11.1 Å². The highest BCUT2D eigenvalue weighted by atomic mass is 35.5. The summed E-state index contributed by atoms with van der Waals surface area (Å²) in [6.07, 6.45) is 0. The average molecular weight is 287 g/mol. The molecule has 0 aliphatic carbocycles. The maximum atomic E-state index is 11.7. The summed E-state index contributed by atoms with van der Waals surface area (Å²) in [5.41, 5.74) is 6.82. The Kier molecular flexibility index (Phi) is 5.82. The first kappa shape index (κ1) is 15.2. The lowest BCUT2D eigenvalue weighted by Crippen LogP contribution is -2.17. The van der Waals surface area contributed by atoms with Crippen LogP contribution in [0.5, 0.6) is 0 Å². The second kappa shape index (κ2) is 6.90. The summed E-state index contributed by atoms with van der Waals surface area (Å²) in [4.78, 5) is 11.7. The van der Waals surface area contributed by atoms with Crippen LogP contribution >= 0.6 is 23.4 Å². The van der Waals surface area contributed by atoms with Gasteiger partial charge in [-0.1, -0.05) is 32.4 Å². The maximum Gasteiger partial charge on any atom is 0.234 e. The standard InChI is InChI=1S/C13H19ClN2OS/c1-8(2)9(3)18-7-13(17)16-10-4-5-11(14)12(15)6-10/h4-6,8-9H,7,15H2,1-3H3,(H,16,17). The van der Waals surface area contributed by atoms with Gasteiger partial charge in [-0.05, 0) is 24.1 Å². The summed E-state index contributed by atoms with van der Waals surface area (Å²) in [6.45, 7) is 6.42. The van der Waals surface area contributed by atoms with Gasteiger partial charge in [-0.25, -0.2) is 0 Å². The molecule has 100 valence electrons. The fourth-order valence-electron chi connectivity index (χ4n) is 1.22. The summed E-state index contributed by atoms with van der Waals surface area (Å²) >= 11 is 7.46. The molecule has 1 aromatic carbocycles. The first-order chi connectivity index (χ1) is 8.40. The number of carbonyl (C=O) groups is 1. The molecule has 3 N–H and O–H groups in total. The van der Waals surface area contributed by atoms with Crippen molar-refractivity contribution >= 4 is 40.6 Å². The molecule has 0 aromatic heterocycles. The van der Waals surface area contributed by atoms with Crippen molar-refractivity contribution in [3.63, 3.8) is 0 Å². The quantitative estimate of drug-likeness (QED) is 0.813. The molecule has 3 nitrogen and oxygen atoms in total. The molecule has 18 heavy (non-hydrogen) atoms. The van der Waals surface area contributed by atoms with Crippen molar-refractivity contribution in [2.45, 2.75) is 26.0 Å². The van der Waals surface area contributed by atoms with E-state index >= 15 is 0 Å². The molecule has 1 amide bonds. The second-order valence-corrected chi connectivity index (χ2v) is 6.32. The molecule has 0 bridgehead atoms. The van der Waals surface area contributed by atoms with E-state index < -0.39 is 0 Å². The summed E-state index contributed by atoms with van der Waals surface area (Å²) in [7, 11) is 0. The Morgan fingerprint density at radius 3 is 2.67 bits per heavy atom. The molecule has 1 unspecified atom stereocenters. The number of nitrogen functional groups attached to an aromatic ring is 1. The number of nitrogens with one attached hydrogen (secondary N) is 1. The Bertz CT molecular complexity index is 423. The number of rotatable bonds is 5. The number of hydrogen-bond donors (Lipinski definition) is 2. The number of hydrogen-bond acceptors (Lipinski definition) is 3. The number of benzene rings is 1. The molecular weight excluding hydrogens is 268 g/mol. The van der Waals surface area contributed by atoms with Crippen LogP contribution in [-0.2, 0) is 4.79 Å². The van der Waals surface area contributed by atoms with Gasteiger partial charge in [0.05, 0.1) is 16.5 Å². The molecule has 0 heterocycles. The Balaban J connectivity index is 2.47. The van der Waals surface area contributed by atoms with Crippen LogP contribution in [0.1, 0.15) is 20.8 Å². The lowest BCUT2D eigenvalue weighted by molar-refractivity contribution is -0.113. The normalized spacial score (nSPS) is 12.5. The van der Waals surface area contributed by atoms with Crippen LogP contribution in [0.2, 0.25) is 5.02 Å². The highest BCUT2D eigenvalue weighted by Crippen LogP contribution is 2.23. The highest BCUT2D eigenvalue weighted by molar-refractivity contribution is 8.00. The van der Waals surface area contributed by atoms with Gasteiger partial charge in [-0.15, -0.1) is 11.8 Å². The third kappa shape index (κ3) is 4.78. The van der Waals surface area contributed by atoms with E-state index in [2.05, 4.69) is 26.1 Å². The molecule has 0 fully saturated rings. The minimum Gasteiger partial charge on any atom is -0.397 e. The first-order valence-electron chi connectivity index (χ1n) is 5.86. The fraction of sp³-hybridized carbons (Fsp3) is 0.462. The molecule has 0 saturated heterocycles. The first-order valence-corrected chi connectivity index (χ1v) is 7.29. The Labute approximate surface area is 117 Å². The molecular formula is C13H19ClN2OS. The number of carbonyl (C=O) groups excluding carboxylic acids is 1. The zero-order valence-electron chi connectivity index (χ0n) is 10.9. The molecule has 1 atom stereocenters. The fourth-order valence-corrected chi connectivity index (χ4v) is 2.21. The monoisotopic (exact) mass is 286 g/mol. The van der Waals surface area contributed by atoms with E-state index in [1.165, 1.54) is 0 Å². The van der Waals surface area contributed by atoms with Gasteiger partial charge in [-0.2, -0.15) is 0 Å². The van der Waals surface area contributed by atoms with E-state index in [9.17, 15) is 4.79 Å². The van der Waals surface area contributed by atoms with E-state index in [-0.39, 0.29) is 5.91 Å². The van der Waals surface area contributed by atoms with Crippen LogP contribution in [0.4, 0.5) is 11.4 Å². The van der Waals surface area contributed by atoms with Crippen LogP contribution in [0.25, 0.3) is 0 Å². The van der Waals surface area contributed by atoms with Crippen molar-refractivity contribution in [3.8, 4) is 0 Å². The number of halogens is 1. The van der Waals surface area contributed by atoms with Gasteiger partial charge in [0.2, 0.25) is 5.91 Å². The molecule has 0 aliphatic rings. The van der Waals surface area contributed by atoms with Crippen LogP contribution < -0.4 is 11.1 Å². The van der Waals surface area contributed by atoms with Crippen molar-refractivity contribution in [1.29, 1.82) is 0 Å². The predicted octanol–water partition coefficient (Wildman–Crippen LogP) is 3.64. The molecule has 1 aromatic rings. The molecule has 0 saturated carbocycles. The Hall–Kier alpha value is -0.870. The van der Waals surface area contributed by atoms with Crippen molar-refractivity contribution in [1.82, 2.24) is 0 Å². The summed E-state index contributed by atoms with van der Waals surface area (Å²) in [5.74, 6) is 0.991. The van der Waals surface area contributed by atoms with Gasteiger partial charge in [0, 0.05) is 10.9 Å². The number of nitrogens with two attached hydrogens (primary N) is 1. The zero-order chi connectivity index (χ0) is 13.7. The Morgan fingerprint density at radius 1 is 1.44 bits per heavy atom. The van der Waals surface area contributed by atoms with Crippen LogP contribution in [0.15, 0.2) is 18.2 Å². The minimum absolute atomic E-state index is 0.0192. The molecule has 5 heteroatoms. The van der Waals surface area contributed by atoms with Crippen molar-refractivity contribution < 1.29 is 4.79 Å². The van der Waals surface area contributed by atoms with E-state index in [0.717, 1.165) is 0 Å². The van der Waals surface area contributed by atoms with E-state index in [0.29, 0.717) is 33.3 Å². The third-order valence-electron chi connectivity index (χ3n) is 2.70. The third-order valence-corrected chi connectivity index (χ3v) is 4.54. The lowest BCUT2D eigenvalue weighted by Gasteiger charge is -2.14. The lowest BCUT2D eigenvalue weighted by atomic mass is 10.2. The SMILES string of the molecule is CC(C)C(C)SCC(=O)Nc1ccc(Cl)c(N)c1. The number of anilines is 2. The summed E-state index contributed by atoms with van der Waals surface area (Å²) < 4.78 is 0. The van der Waals surface area contributed by atoms with E-state index in [1.54, 1.807) is 30.0 Å². The molecule has 0 spiro atoms. The van der Waals surface area contributed by atoms with E-state index in [1.807, 2.05) is 0 Å². The van der Waals surface area contributed by atoms with Crippen molar-refractivity contribution in [2.24, 2.45) is 5.92 Å². The van der Waals surface area contributed by atoms with Gasteiger partial charge in [0.15, 0.2) is 0 Å². The van der Waals surface area contributed by atoms with E-state index in [4.69, 9.17) is 17.3 Å². The van der Waals surface area contributed by atoms with Gasteiger partial charge in [-0.3, -0.25) is 4.79 Å². The predicted molar refractivity (Wildman–Crippen MR) is 81.3 cm³/mol. The molecule has 1 rings (SSSR count). The molecule has 0 radical (unpaired) electrons. The van der Waals surface area contributed by atoms with Crippen molar-refractivity contribution in [2.75, 3.05) is 16.8 Å². The Morgan fingerprint density at radius 2 is 2.11 bits per heavy atom. The highest BCUT2D eigenvalue weighted by Gasteiger charge is 2.10. The zero-order valence-corrected chi connectivity index (χ0v) is 12.4. The van der Waals surface area contributed by atoms with Gasteiger partial charge in [0.25, 0.3) is 0 Å². The second-order valence-electron chi connectivity index (χ2n) is 4.54. The summed E-state index contributed by atoms with van der Waals surface area (Å²) in [5, 5.41) is 3.77. The van der Waals surface area contributed by atoms with Crippen LogP contribution in [0.3, 0.4) is 0 Å². The number of amides is 1. The topological polar surface area (TPSA) is 55.1 Å². The summed E-state index contributed by atoms with van der Waals surface area (Å²) in [6, 6.07) is 5.08. The number of thioether (sulfide) groups is 1. The van der Waals surface area contributed by atoms with Gasteiger partial charge in [0.1, 0.15) is 0 Å². The van der Waals surface area contributed by atoms with Gasteiger partial charge >= 0.3 is 0 Å². The maximum absolute atomic E-state index is 11.7. The molecule has 0 aliphatic heterocycles. The van der Waals surface area contributed by atoms with Crippen LogP contribution in [0, 0.1) is 5.92 Å². The smallest absolute Gasteiger partial charge is 0.234 e. The minimum atomic E-state index is -0.0192.